The van der Waals surface area contributed by atoms with Crippen LogP contribution in [0, 0.1) is 11.8 Å². The second-order valence-corrected chi connectivity index (χ2v) is 9.53. The van der Waals surface area contributed by atoms with Crippen molar-refractivity contribution in [1.29, 1.82) is 0 Å². The van der Waals surface area contributed by atoms with Gasteiger partial charge in [0.25, 0.3) is 11.8 Å². The Labute approximate surface area is 214 Å². The number of fused-ring (bicyclic) bond motifs is 1. The fourth-order valence-electron chi connectivity index (χ4n) is 4.90. The highest BCUT2D eigenvalue weighted by atomic mass is 16.5. The minimum atomic E-state index is -1.50. The number of amides is 4. The minimum absolute atomic E-state index is 0.104. The maximum Gasteiger partial charge on any atom is 0.323 e. The number of hydrogen-bond donors (Lipinski definition) is 3. The van der Waals surface area contributed by atoms with Crippen molar-refractivity contribution in [2.75, 3.05) is 26.7 Å². The average molecular weight is 505 g/mol. The SMILES string of the molecule is COc1ccc2c(c1)C(=O)N(CCC1(C#CC3=CN=C(N4CCC(=O)CC4)CC3N)NC(=O)NC1=O)C2. The number of urea groups is 1. The molecular formula is C26H28N6O5. The molecule has 2 atom stereocenters. The van der Waals surface area contributed by atoms with Crippen molar-refractivity contribution in [3.8, 4) is 17.6 Å². The number of nitrogens with two attached hydrogens (primary N) is 1. The number of benzene rings is 1. The molecule has 4 aliphatic rings. The van der Waals surface area contributed by atoms with E-state index >= 15 is 0 Å². The van der Waals surface area contributed by atoms with Crippen LogP contribution in [0.15, 0.2) is 35.0 Å². The summed E-state index contributed by atoms with van der Waals surface area (Å²) in [6.07, 6.45) is 3.15. The number of piperidine rings is 1. The van der Waals surface area contributed by atoms with E-state index in [1.54, 1.807) is 30.3 Å². The second-order valence-electron chi connectivity index (χ2n) is 9.53. The zero-order valence-corrected chi connectivity index (χ0v) is 20.5. The summed E-state index contributed by atoms with van der Waals surface area (Å²) in [5, 5.41) is 4.89. The number of imide groups is 1. The lowest BCUT2D eigenvalue weighted by molar-refractivity contribution is -0.122. The first-order valence-corrected chi connectivity index (χ1v) is 12.2. The van der Waals surface area contributed by atoms with Crippen LogP contribution in [0.25, 0.3) is 0 Å². The average Bonchev–Trinajstić information content (AvgIpc) is 3.36. The fraction of sp³-hybridized carbons (Fsp3) is 0.423. The van der Waals surface area contributed by atoms with Crippen LogP contribution in [0.5, 0.6) is 5.75 Å². The molecule has 1 aromatic rings. The Morgan fingerprint density at radius 1 is 1.22 bits per heavy atom. The van der Waals surface area contributed by atoms with Crippen LogP contribution in [0.4, 0.5) is 4.79 Å². The van der Waals surface area contributed by atoms with Gasteiger partial charge in [-0.2, -0.15) is 0 Å². The quantitative estimate of drug-likeness (QED) is 0.395. The Balaban J connectivity index is 1.32. The molecule has 2 fully saturated rings. The van der Waals surface area contributed by atoms with Gasteiger partial charge < -0.3 is 25.6 Å². The van der Waals surface area contributed by atoms with Crippen molar-refractivity contribution in [1.82, 2.24) is 20.4 Å². The van der Waals surface area contributed by atoms with Gasteiger partial charge >= 0.3 is 6.03 Å². The van der Waals surface area contributed by atoms with Gasteiger partial charge in [-0.15, -0.1) is 0 Å². The van der Waals surface area contributed by atoms with E-state index in [0.29, 0.717) is 55.8 Å². The summed E-state index contributed by atoms with van der Waals surface area (Å²) in [5.41, 5.74) is 6.84. The number of nitrogens with one attached hydrogen (secondary N) is 2. The van der Waals surface area contributed by atoms with E-state index in [4.69, 9.17) is 10.5 Å². The molecule has 4 N–H and O–H groups in total. The monoisotopic (exact) mass is 504 g/mol. The van der Waals surface area contributed by atoms with Gasteiger partial charge in [0.2, 0.25) is 0 Å². The smallest absolute Gasteiger partial charge is 0.323 e. The molecule has 5 rings (SSSR count). The Kier molecular flexibility index (Phi) is 6.43. The number of amidine groups is 1. The van der Waals surface area contributed by atoms with Crippen molar-refractivity contribution in [3.63, 3.8) is 0 Å². The number of ether oxygens (including phenoxy) is 1. The molecule has 11 heteroatoms. The lowest BCUT2D eigenvalue weighted by atomic mass is 9.94. The summed E-state index contributed by atoms with van der Waals surface area (Å²) in [4.78, 5) is 57.5. The number of rotatable bonds is 4. The van der Waals surface area contributed by atoms with Crippen molar-refractivity contribution in [2.45, 2.75) is 43.8 Å². The van der Waals surface area contributed by atoms with Crippen LogP contribution in [0.1, 0.15) is 41.6 Å². The van der Waals surface area contributed by atoms with Gasteiger partial charge in [-0.3, -0.25) is 19.7 Å². The van der Waals surface area contributed by atoms with E-state index in [1.807, 2.05) is 6.07 Å². The van der Waals surface area contributed by atoms with E-state index in [1.165, 1.54) is 0 Å². The highest BCUT2D eigenvalue weighted by molar-refractivity contribution is 6.09. The molecule has 0 radical (unpaired) electrons. The molecular weight excluding hydrogens is 476 g/mol. The number of hydrogen-bond acceptors (Lipinski definition) is 8. The number of ketones is 1. The van der Waals surface area contributed by atoms with Crippen LogP contribution >= 0.6 is 0 Å². The standard InChI is InChI=1S/C26H28N6O5/c1-37-19-3-2-17-15-32(23(34)20(17)12-19)11-8-26(24(35)29-25(36)30-26)7-4-16-14-28-22(13-21(16)27)31-9-5-18(33)6-10-31/h2-3,12,14,21H,5-6,8-11,13,15,27H2,1H3,(H2,29,30,35,36). The Morgan fingerprint density at radius 2 is 2.00 bits per heavy atom. The van der Waals surface area contributed by atoms with Crippen molar-refractivity contribution >= 4 is 29.5 Å². The molecule has 0 aromatic heterocycles. The number of likely N-dealkylation sites (tertiary alicyclic amines) is 1. The van der Waals surface area contributed by atoms with Gasteiger partial charge in [0.05, 0.1) is 7.11 Å². The first kappa shape index (κ1) is 24.5. The first-order valence-electron chi connectivity index (χ1n) is 12.2. The Hall–Kier alpha value is -4.17. The predicted molar refractivity (Wildman–Crippen MR) is 133 cm³/mol. The molecule has 0 saturated carbocycles. The topological polar surface area (TPSA) is 146 Å². The molecule has 4 aliphatic heterocycles. The van der Waals surface area contributed by atoms with Crippen LogP contribution in [0.3, 0.4) is 0 Å². The van der Waals surface area contributed by atoms with Gasteiger partial charge in [0.1, 0.15) is 17.4 Å². The third kappa shape index (κ3) is 4.80. The molecule has 0 bridgehead atoms. The number of methoxy groups -OCH3 is 1. The maximum absolute atomic E-state index is 12.9. The lowest BCUT2D eigenvalue weighted by Gasteiger charge is -2.31. The van der Waals surface area contributed by atoms with Gasteiger partial charge in [-0.25, -0.2) is 9.79 Å². The minimum Gasteiger partial charge on any atom is -0.497 e. The Morgan fingerprint density at radius 3 is 2.68 bits per heavy atom. The largest absolute Gasteiger partial charge is 0.497 e. The molecule has 1 aromatic carbocycles. The maximum atomic E-state index is 12.9. The summed E-state index contributed by atoms with van der Waals surface area (Å²) in [6.45, 7) is 1.85. The lowest BCUT2D eigenvalue weighted by Crippen LogP contribution is -2.48. The number of nitrogens with zero attached hydrogens (tertiary/aromatic N) is 3. The summed E-state index contributed by atoms with van der Waals surface area (Å²) < 4.78 is 5.22. The highest BCUT2D eigenvalue weighted by Crippen LogP contribution is 2.28. The Bertz CT molecular complexity index is 1300. The van der Waals surface area contributed by atoms with Crippen LogP contribution in [0.2, 0.25) is 0 Å². The van der Waals surface area contributed by atoms with Crippen molar-refractivity contribution in [3.05, 3.63) is 41.1 Å². The van der Waals surface area contributed by atoms with Gasteiger partial charge in [-0.05, 0) is 17.7 Å². The number of aliphatic imine (C=N–C) groups is 1. The van der Waals surface area contributed by atoms with E-state index in [0.717, 1.165) is 11.4 Å². The highest BCUT2D eigenvalue weighted by Gasteiger charge is 2.46. The summed E-state index contributed by atoms with van der Waals surface area (Å²) >= 11 is 0. The van der Waals surface area contributed by atoms with Crippen LogP contribution < -0.4 is 21.1 Å². The molecule has 0 spiro atoms. The van der Waals surface area contributed by atoms with E-state index in [-0.39, 0.29) is 24.7 Å². The zero-order valence-electron chi connectivity index (χ0n) is 20.5. The number of carbonyl (C=O) groups excluding carboxylic acids is 4. The summed E-state index contributed by atoms with van der Waals surface area (Å²) in [6, 6.07) is 4.28. The molecule has 37 heavy (non-hydrogen) atoms. The molecule has 0 aliphatic carbocycles. The van der Waals surface area contributed by atoms with E-state index < -0.39 is 23.5 Å². The molecule has 11 nitrogen and oxygen atoms in total. The van der Waals surface area contributed by atoms with Gasteiger partial charge in [0.15, 0.2) is 5.54 Å². The van der Waals surface area contributed by atoms with E-state index in [9.17, 15) is 19.2 Å². The summed E-state index contributed by atoms with van der Waals surface area (Å²) in [5.74, 6) is 6.82. The summed E-state index contributed by atoms with van der Waals surface area (Å²) in [7, 11) is 1.54. The molecule has 2 unspecified atom stereocenters. The van der Waals surface area contributed by atoms with Gasteiger partial charge in [0, 0.05) is 75.2 Å². The predicted octanol–water partition coefficient (Wildman–Crippen LogP) is 0.301. The first-order chi connectivity index (χ1) is 17.8. The van der Waals surface area contributed by atoms with Crippen molar-refractivity contribution < 1.29 is 23.9 Å². The second kappa shape index (κ2) is 9.71. The number of carbonyl (C=O) groups is 4. The van der Waals surface area contributed by atoms with Crippen LogP contribution in [-0.2, 0) is 16.1 Å². The molecule has 4 heterocycles. The normalized spacial score (nSPS) is 25.1. The third-order valence-electron chi connectivity index (χ3n) is 7.16. The third-order valence-corrected chi connectivity index (χ3v) is 7.16. The van der Waals surface area contributed by atoms with Crippen LogP contribution in [-0.4, -0.2) is 77.6 Å². The number of Topliss-reactive ketones (excluding diaryl/α,β-unsaturated/α-hetero) is 1. The molecule has 192 valence electrons. The zero-order chi connectivity index (χ0) is 26.2. The van der Waals surface area contributed by atoms with Crippen molar-refractivity contribution in [2.24, 2.45) is 10.7 Å². The fourth-order valence-corrected chi connectivity index (χ4v) is 4.90. The van der Waals surface area contributed by atoms with E-state index in [2.05, 4.69) is 32.4 Å². The van der Waals surface area contributed by atoms with Gasteiger partial charge in [-0.1, -0.05) is 17.9 Å². The molecule has 2 saturated heterocycles. The molecule has 4 amide bonds.